The Labute approximate surface area is 378 Å². The van der Waals surface area contributed by atoms with Crippen molar-refractivity contribution in [1.29, 1.82) is 0 Å². The van der Waals surface area contributed by atoms with E-state index in [1.807, 2.05) is 0 Å². The van der Waals surface area contributed by atoms with Gasteiger partial charge < -0.3 is 4.90 Å². The molecule has 3 aliphatic carbocycles. The second kappa shape index (κ2) is 13.9. The molecule has 0 saturated carbocycles. The van der Waals surface area contributed by atoms with E-state index in [1.54, 1.807) is 0 Å². The molecule has 0 aromatic heterocycles. The molecule has 0 N–H and O–H groups in total. The van der Waals surface area contributed by atoms with Crippen LogP contribution in [0.1, 0.15) is 74.9 Å². The van der Waals surface area contributed by atoms with Crippen LogP contribution in [0.5, 0.6) is 0 Å². The molecule has 1 heteroatoms. The minimum atomic E-state index is -0.197. The summed E-state index contributed by atoms with van der Waals surface area (Å²) in [5.74, 6) is 0. The fourth-order valence-corrected chi connectivity index (χ4v) is 11.9. The quantitative estimate of drug-likeness (QED) is 0.161. The zero-order valence-electron chi connectivity index (χ0n) is 37.5. The minimum absolute atomic E-state index is 0.128. The molecule has 0 radical (unpaired) electrons. The van der Waals surface area contributed by atoms with Crippen LogP contribution >= 0.6 is 0 Å². The molecule has 9 aromatic rings. The first kappa shape index (κ1) is 38.5. The summed E-state index contributed by atoms with van der Waals surface area (Å²) < 4.78 is 0. The number of nitrogens with zero attached hydrogens (tertiary/aromatic N) is 1. The van der Waals surface area contributed by atoms with Gasteiger partial charge in [0.15, 0.2) is 0 Å². The van der Waals surface area contributed by atoms with Crippen molar-refractivity contribution in [2.45, 2.75) is 57.8 Å². The molecule has 0 fully saturated rings. The van der Waals surface area contributed by atoms with Gasteiger partial charge in [0.2, 0.25) is 0 Å². The number of hydrogen-bond acceptors (Lipinski definition) is 1. The largest absolute Gasteiger partial charge is 0.310 e. The van der Waals surface area contributed by atoms with E-state index >= 15 is 0 Å². The molecule has 308 valence electrons. The van der Waals surface area contributed by atoms with Crippen LogP contribution in [-0.4, -0.2) is 0 Å². The average Bonchev–Trinajstić information content (AvgIpc) is 3.82. The second-order valence-electron chi connectivity index (χ2n) is 19.7. The SMILES string of the molecule is CC1(C)c2cc(-c3ccccc3)ccc2-c2ccc(N(c3cccc(-c4cccc5c4C(C)(C)c4ccccc4-5)c3)c3cccc(-c4cccc5c4C(C)(C)c4ccccc4-5)c3)cc21. The topological polar surface area (TPSA) is 3.24 Å². The smallest absolute Gasteiger partial charge is 0.0467 e. The maximum Gasteiger partial charge on any atom is 0.0467 e. The normalized spacial score (nSPS) is 15.1. The maximum atomic E-state index is 2.49. The molecule has 1 nitrogen and oxygen atoms in total. The molecule has 9 aromatic carbocycles. The summed E-state index contributed by atoms with van der Waals surface area (Å²) in [7, 11) is 0. The fraction of sp³-hybridized carbons (Fsp3) is 0.143. The van der Waals surface area contributed by atoms with Gasteiger partial charge in [0.1, 0.15) is 0 Å². The molecule has 0 aliphatic heterocycles. The van der Waals surface area contributed by atoms with E-state index in [0.717, 1.165) is 17.1 Å². The predicted octanol–water partition coefficient (Wildman–Crippen LogP) is 17.1. The first-order chi connectivity index (χ1) is 31.0. The van der Waals surface area contributed by atoms with Crippen molar-refractivity contribution >= 4 is 17.1 Å². The Kier molecular flexibility index (Phi) is 8.35. The van der Waals surface area contributed by atoms with E-state index in [2.05, 4.69) is 247 Å². The lowest BCUT2D eigenvalue weighted by atomic mass is 9.78. The van der Waals surface area contributed by atoms with Crippen molar-refractivity contribution in [2.75, 3.05) is 4.90 Å². The molecule has 64 heavy (non-hydrogen) atoms. The lowest BCUT2D eigenvalue weighted by molar-refractivity contribution is 0.660. The highest BCUT2D eigenvalue weighted by molar-refractivity contribution is 5.93. The van der Waals surface area contributed by atoms with Gasteiger partial charge in [0, 0.05) is 33.3 Å². The Hall–Kier alpha value is -7.22. The van der Waals surface area contributed by atoms with Crippen molar-refractivity contribution in [3.63, 3.8) is 0 Å². The Morgan fingerprint density at radius 2 is 0.656 bits per heavy atom. The number of rotatable bonds is 6. The highest BCUT2D eigenvalue weighted by Crippen LogP contribution is 2.55. The monoisotopic (exact) mass is 821 g/mol. The lowest BCUT2D eigenvalue weighted by Crippen LogP contribution is -2.17. The lowest BCUT2D eigenvalue weighted by Gasteiger charge is -2.30. The molecule has 0 bridgehead atoms. The first-order valence-corrected chi connectivity index (χ1v) is 22.8. The van der Waals surface area contributed by atoms with Crippen LogP contribution in [0.2, 0.25) is 0 Å². The van der Waals surface area contributed by atoms with E-state index in [4.69, 9.17) is 0 Å². The third-order valence-electron chi connectivity index (χ3n) is 15.0. The summed E-state index contributed by atoms with van der Waals surface area (Å²) in [6.07, 6.45) is 0. The van der Waals surface area contributed by atoms with Gasteiger partial charge in [-0.2, -0.15) is 0 Å². The Morgan fingerprint density at radius 1 is 0.250 bits per heavy atom. The summed E-state index contributed by atoms with van der Waals surface area (Å²) in [5.41, 5.74) is 26.8. The van der Waals surface area contributed by atoms with Gasteiger partial charge >= 0.3 is 0 Å². The van der Waals surface area contributed by atoms with Crippen LogP contribution in [0, 0.1) is 0 Å². The minimum Gasteiger partial charge on any atom is -0.310 e. The molecule has 0 amide bonds. The molecule has 0 spiro atoms. The molecule has 3 aliphatic rings. The van der Waals surface area contributed by atoms with E-state index in [9.17, 15) is 0 Å². The van der Waals surface area contributed by atoms with Crippen LogP contribution in [0.25, 0.3) is 66.8 Å². The Morgan fingerprint density at radius 3 is 1.22 bits per heavy atom. The first-order valence-electron chi connectivity index (χ1n) is 22.8. The number of benzene rings is 9. The molecular formula is C63H51N. The van der Waals surface area contributed by atoms with Crippen molar-refractivity contribution in [3.8, 4) is 66.8 Å². The Bertz CT molecular complexity index is 3210. The van der Waals surface area contributed by atoms with Gasteiger partial charge in [-0.1, -0.05) is 199 Å². The fourth-order valence-electron chi connectivity index (χ4n) is 11.9. The van der Waals surface area contributed by atoms with Gasteiger partial charge in [0.05, 0.1) is 0 Å². The molecule has 0 unspecified atom stereocenters. The summed E-state index contributed by atoms with van der Waals surface area (Å²) in [6, 6.07) is 75.1. The van der Waals surface area contributed by atoms with E-state index < -0.39 is 0 Å². The highest BCUT2D eigenvalue weighted by Gasteiger charge is 2.40. The van der Waals surface area contributed by atoms with Crippen LogP contribution in [0.3, 0.4) is 0 Å². The van der Waals surface area contributed by atoms with Gasteiger partial charge in [-0.15, -0.1) is 0 Å². The molecule has 0 heterocycles. The average molecular weight is 822 g/mol. The van der Waals surface area contributed by atoms with Gasteiger partial charge in [0.25, 0.3) is 0 Å². The number of anilines is 3. The van der Waals surface area contributed by atoms with Crippen molar-refractivity contribution in [2.24, 2.45) is 0 Å². The van der Waals surface area contributed by atoms with Crippen LogP contribution < -0.4 is 4.90 Å². The molecule has 0 atom stereocenters. The summed E-state index contributed by atoms with van der Waals surface area (Å²) in [5, 5.41) is 0. The van der Waals surface area contributed by atoms with E-state index in [0.29, 0.717) is 0 Å². The van der Waals surface area contributed by atoms with Crippen LogP contribution in [0.4, 0.5) is 17.1 Å². The highest BCUT2D eigenvalue weighted by atomic mass is 15.1. The van der Waals surface area contributed by atoms with Gasteiger partial charge in [-0.25, -0.2) is 0 Å². The number of hydrogen-bond donors (Lipinski definition) is 0. The zero-order chi connectivity index (χ0) is 43.5. The summed E-state index contributed by atoms with van der Waals surface area (Å²) in [4.78, 5) is 2.49. The Balaban J connectivity index is 1.03. The second-order valence-corrected chi connectivity index (χ2v) is 19.7. The summed E-state index contributed by atoms with van der Waals surface area (Å²) >= 11 is 0. The third-order valence-corrected chi connectivity index (χ3v) is 15.0. The predicted molar refractivity (Wildman–Crippen MR) is 270 cm³/mol. The molecule has 12 rings (SSSR count). The van der Waals surface area contributed by atoms with Gasteiger partial charge in [-0.05, 0) is 143 Å². The number of fused-ring (bicyclic) bond motifs is 9. The van der Waals surface area contributed by atoms with E-state index in [-0.39, 0.29) is 16.2 Å². The maximum absolute atomic E-state index is 2.49. The standard InChI is InChI=1S/C63H51N/c1-61(2)57-38-41(40-18-8-7-9-19-40)32-34-51(57)52-35-33-46(39-58(52)61)64(44-22-14-20-42(36-44)47-26-16-28-53-49-24-10-12-30-55(49)62(3,4)59(47)53)45-23-15-21-43(37-45)48-27-17-29-54-50-25-11-13-31-56(50)63(5,6)60(48)54/h7-39H,1-6H3. The summed E-state index contributed by atoms with van der Waals surface area (Å²) in [6.45, 7) is 14.3. The van der Waals surface area contributed by atoms with Crippen LogP contribution in [-0.2, 0) is 16.2 Å². The third kappa shape index (κ3) is 5.56. The van der Waals surface area contributed by atoms with Gasteiger partial charge in [-0.3, -0.25) is 0 Å². The van der Waals surface area contributed by atoms with Crippen molar-refractivity contribution in [1.82, 2.24) is 0 Å². The molecular weight excluding hydrogens is 771 g/mol. The van der Waals surface area contributed by atoms with E-state index in [1.165, 1.54) is 100 Å². The zero-order valence-corrected chi connectivity index (χ0v) is 37.5. The van der Waals surface area contributed by atoms with Crippen molar-refractivity contribution < 1.29 is 0 Å². The van der Waals surface area contributed by atoms with Crippen LogP contribution in [0.15, 0.2) is 200 Å². The van der Waals surface area contributed by atoms with Crippen molar-refractivity contribution in [3.05, 3.63) is 234 Å². The molecule has 0 saturated heterocycles.